The molecule has 0 radical (unpaired) electrons. The second-order valence-corrected chi connectivity index (χ2v) is 8.36. The number of aryl methyl sites for hydroxylation is 1. The first-order valence-corrected chi connectivity index (χ1v) is 11.1. The Bertz CT molecular complexity index is 982. The molecule has 0 unspecified atom stereocenters. The van der Waals surface area contributed by atoms with Gasteiger partial charge in [0.1, 0.15) is 10.8 Å². The maximum Gasteiger partial charge on any atom is 0.289 e. The van der Waals surface area contributed by atoms with Crippen molar-refractivity contribution in [3.8, 4) is 5.75 Å². The van der Waals surface area contributed by atoms with Crippen LogP contribution in [0.1, 0.15) is 34.8 Å². The number of hydrogen-bond acceptors (Lipinski definition) is 7. The van der Waals surface area contributed by atoms with Crippen molar-refractivity contribution in [1.29, 1.82) is 0 Å². The summed E-state index contributed by atoms with van der Waals surface area (Å²) >= 11 is 1.39. The highest BCUT2D eigenvalue weighted by Crippen LogP contribution is 2.23. The second-order valence-electron chi connectivity index (χ2n) is 7.30. The molecule has 0 bridgehead atoms. The number of ether oxygens (including phenoxy) is 1. The largest absolute Gasteiger partial charge is 0.494 e. The van der Waals surface area contributed by atoms with Gasteiger partial charge < -0.3 is 19.4 Å². The van der Waals surface area contributed by atoms with Crippen LogP contribution in [-0.2, 0) is 11.2 Å². The summed E-state index contributed by atoms with van der Waals surface area (Å²) in [6, 6.07) is 13.0. The lowest BCUT2D eigenvalue weighted by atomic mass is 9.96. The van der Waals surface area contributed by atoms with E-state index in [1.54, 1.807) is 17.0 Å². The molecule has 1 saturated heterocycles. The molecule has 31 heavy (non-hydrogen) atoms. The number of likely N-dealkylation sites (tertiary alicyclic amines) is 1. The van der Waals surface area contributed by atoms with Gasteiger partial charge in [0.15, 0.2) is 5.76 Å². The third kappa shape index (κ3) is 5.69. The molecule has 1 aliphatic rings. The Hall–Kier alpha value is -3.20. The zero-order valence-corrected chi connectivity index (χ0v) is 17.8. The van der Waals surface area contributed by atoms with Gasteiger partial charge in [-0.25, -0.2) is 0 Å². The van der Waals surface area contributed by atoms with Crippen molar-refractivity contribution < 1.29 is 18.7 Å². The van der Waals surface area contributed by atoms with Crippen LogP contribution in [-0.4, -0.2) is 46.6 Å². The maximum absolute atomic E-state index is 12.6. The highest BCUT2D eigenvalue weighted by Gasteiger charge is 2.29. The summed E-state index contributed by atoms with van der Waals surface area (Å²) in [6.07, 6.45) is 4.27. The van der Waals surface area contributed by atoms with Gasteiger partial charge >= 0.3 is 0 Å². The second kappa shape index (κ2) is 10.2. The van der Waals surface area contributed by atoms with E-state index in [9.17, 15) is 9.59 Å². The van der Waals surface area contributed by atoms with Gasteiger partial charge in [0.2, 0.25) is 11.0 Å². The summed E-state index contributed by atoms with van der Waals surface area (Å²) in [5.74, 6) is 0.837. The third-order valence-corrected chi connectivity index (χ3v) is 6.03. The minimum Gasteiger partial charge on any atom is -0.494 e. The van der Waals surface area contributed by atoms with E-state index in [1.807, 2.05) is 30.3 Å². The highest BCUT2D eigenvalue weighted by atomic mass is 32.1. The van der Waals surface area contributed by atoms with E-state index in [1.165, 1.54) is 17.6 Å². The van der Waals surface area contributed by atoms with Crippen LogP contribution in [0.4, 0.5) is 5.13 Å². The standard InChI is InChI=1S/C22H24N4O4S/c27-20(16-10-12-26(13-11-16)21(28)18-8-4-15-30-18)23-22-25-24-19(31-22)9-5-14-29-17-6-2-1-3-7-17/h1-4,6-8,15-16H,5,9-14H2,(H,23,25,27). The Morgan fingerprint density at radius 2 is 1.94 bits per heavy atom. The SMILES string of the molecule is O=C(Nc1nnc(CCCOc2ccccc2)s1)C1CCN(C(=O)c2ccco2)CC1. The number of hydrogen-bond donors (Lipinski definition) is 1. The molecular weight excluding hydrogens is 416 g/mol. The number of benzene rings is 1. The summed E-state index contributed by atoms with van der Waals surface area (Å²) < 4.78 is 10.8. The van der Waals surface area contributed by atoms with E-state index in [4.69, 9.17) is 9.15 Å². The molecule has 3 heterocycles. The van der Waals surface area contributed by atoms with Gasteiger partial charge in [-0.2, -0.15) is 0 Å². The number of carbonyl (C=O) groups excluding carboxylic acids is 2. The smallest absolute Gasteiger partial charge is 0.289 e. The zero-order chi connectivity index (χ0) is 21.5. The van der Waals surface area contributed by atoms with E-state index in [0.29, 0.717) is 43.4 Å². The normalized spacial score (nSPS) is 14.4. The molecule has 1 aromatic carbocycles. The van der Waals surface area contributed by atoms with Gasteiger partial charge in [-0.05, 0) is 43.5 Å². The molecule has 0 saturated carbocycles. The molecule has 0 atom stereocenters. The summed E-state index contributed by atoms with van der Waals surface area (Å²) in [4.78, 5) is 26.6. The van der Waals surface area contributed by atoms with Crippen molar-refractivity contribution in [2.75, 3.05) is 25.0 Å². The molecule has 8 nitrogen and oxygen atoms in total. The predicted molar refractivity (Wildman–Crippen MR) is 116 cm³/mol. The average Bonchev–Trinajstić information content (AvgIpc) is 3.50. The lowest BCUT2D eigenvalue weighted by Crippen LogP contribution is -2.41. The van der Waals surface area contributed by atoms with Crippen molar-refractivity contribution in [3.05, 3.63) is 59.5 Å². The minimum atomic E-state index is -0.146. The zero-order valence-electron chi connectivity index (χ0n) is 17.0. The summed E-state index contributed by atoms with van der Waals surface area (Å²) in [6.45, 7) is 1.65. The van der Waals surface area contributed by atoms with Gasteiger partial charge in [-0.3, -0.25) is 9.59 Å². The lowest BCUT2D eigenvalue weighted by Gasteiger charge is -2.30. The molecule has 162 valence electrons. The van der Waals surface area contributed by atoms with Crippen LogP contribution in [0.15, 0.2) is 53.1 Å². The van der Waals surface area contributed by atoms with Crippen molar-refractivity contribution >= 4 is 28.3 Å². The van der Waals surface area contributed by atoms with E-state index < -0.39 is 0 Å². The first kappa shape index (κ1) is 21.0. The molecule has 0 aliphatic carbocycles. The fourth-order valence-electron chi connectivity index (χ4n) is 3.44. The van der Waals surface area contributed by atoms with E-state index in [0.717, 1.165) is 23.6 Å². The van der Waals surface area contributed by atoms with Crippen LogP contribution >= 0.6 is 11.3 Å². The van der Waals surface area contributed by atoms with E-state index in [-0.39, 0.29) is 17.7 Å². The van der Waals surface area contributed by atoms with Crippen molar-refractivity contribution in [3.63, 3.8) is 0 Å². The number of carbonyl (C=O) groups is 2. The number of para-hydroxylation sites is 1. The van der Waals surface area contributed by atoms with Crippen molar-refractivity contribution in [2.45, 2.75) is 25.7 Å². The average molecular weight is 441 g/mol. The minimum absolute atomic E-state index is 0.0693. The van der Waals surface area contributed by atoms with Crippen LogP contribution < -0.4 is 10.1 Å². The topological polar surface area (TPSA) is 97.6 Å². The number of nitrogens with zero attached hydrogens (tertiary/aromatic N) is 3. The lowest BCUT2D eigenvalue weighted by molar-refractivity contribution is -0.121. The van der Waals surface area contributed by atoms with Crippen molar-refractivity contribution in [2.24, 2.45) is 5.92 Å². The molecule has 0 spiro atoms. The summed E-state index contributed by atoms with van der Waals surface area (Å²) in [5, 5.41) is 12.5. The molecule has 2 aromatic heterocycles. The van der Waals surface area contributed by atoms with Crippen LogP contribution in [0.2, 0.25) is 0 Å². The van der Waals surface area contributed by atoms with E-state index in [2.05, 4.69) is 15.5 Å². The predicted octanol–water partition coefficient (Wildman–Crippen LogP) is 3.63. The molecule has 4 rings (SSSR count). The number of aromatic nitrogens is 2. The summed E-state index contributed by atoms with van der Waals surface area (Å²) in [7, 11) is 0. The first-order chi connectivity index (χ1) is 15.2. The fraction of sp³-hybridized carbons (Fsp3) is 0.364. The molecule has 1 fully saturated rings. The Kier molecular flexibility index (Phi) is 6.93. The number of anilines is 1. The number of rotatable bonds is 8. The third-order valence-electron chi connectivity index (χ3n) is 5.13. The van der Waals surface area contributed by atoms with Gasteiger partial charge in [0.05, 0.1) is 12.9 Å². The van der Waals surface area contributed by atoms with Crippen LogP contribution in [0.3, 0.4) is 0 Å². The van der Waals surface area contributed by atoms with Crippen molar-refractivity contribution in [1.82, 2.24) is 15.1 Å². The fourth-order valence-corrected chi connectivity index (χ4v) is 4.23. The van der Waals surface area contributed by atoms with E-state index >= 15 is 0 Å². The molecule has 2 amide bonds. The molecule has 9 heteroatoms. The Labute approximate surface area is 184 Å². The van der Waals surface area contributed by atoms with Gasteiger partial charge in [-0.1, -0.05) is 29.5 Å². The molecule has 3 aromatic rings. The van der Waals surface area contributed by atoms with Gasteiger partial charge in [0.25, 0.3) is 5.91 Å². The Balaban J connectivity index is 1.18. The molecule has 1 N–H and O–H groups in total. The maximum atomic E-state index is 12.6. The van der Waals surface area contributed by atoms with Gasteiger partial charge in [-0.15, -0.1) is 10.2 Å². The number of amides is 2. The highest BCUT2D eigenvalue weighted by molar-refractivity contribution is 7.15. The van der Waals surface area contributed by atoms with Gasteiger partial charge in [0, 0.05) is 25.4 Å². The number of nitrogens with one attached hydrogen (secondary N) is 1. The number of furan rings is 1. The quantitative estimate of drug-likeness (QED) is 0.537. The summed E-state index contributed by atoms with van der Waals surface area (Å²) in [5.41, 5.74) is 0. The Morgan fingerprint density at radius 1 is 1.13 bits per heavy atom. The molecule has 1 aliphatic heterocycles. The van der Waals surface area contributed by atoms with Crippen LogP contribution in [0, 0.1) is 5.92 Å². The first-order valence-electron chi connectivity index (χ1n) is 10.3. The monoisotopic (exact) mass is 440 g/mol. The molecular formula is C22H24N4O4S. The van der Waals surface area contributed by atoms with Crippen LogP contribution in [0.5, 0.6) is 5.75 Å². The van der Waals surface area contributed by atoms with Crippen LogP contribution in [0.25, 0.3) is 0 Å². The number of piperidine rings is 1. The Morgan fingerprint density at radius 3 is 2.68 bits per heavy atom.